The molecule has 0 saturated heterocycles. The highest BCUT2D eigenvalue weighted by molar-refractivity contribution is 5.81. The first-order valence-electron chi connectivity index (χ1n) is 6.79. The van der Waals surface area contributed by atoms with Crippen molar-refractivity contribution >= 4 is 11.6 Å². The zero-order chi connectivity index (χ0) is 14.4. The molecule has 1 aromatic carbocycles. The quantitative estimate of drug-likeness (QED) is 0.852. The average molecular weight is 263 g/mol. The molecule has 2 N–H and O–H groups in total. The van der Waals surface area contributed by atoms with Crippen molar-refractivity contribution in [3.63, 3.8) is 0 Å². The van der Waals surface area contributed by atoms with Crippen molar-refractivity contribution in [2.45, 2.75) is 33.4 Å². The second-order valence-electron chi connectivity index (χ2n) is 4.98. The normalized spacial score (nSPS) is 10.6. The largest absolute Gasteiger partial charge is 0.362 e. The van der Waals surface area contributed by atoms with Gasteiger partial charge in [-0.15, -0.1) is 0 Å². The van der Waals surface area contributed by atoms with Crippen LogP contribution in [0, 0.1) is 0 Å². The van der Waals surface area contributed by atoms with E-state index in [9.17, 15) is 4.79 Å². The number of anilines is 1. The zero-order valence-electron chi connectivity index (χ0n) is 12.4. The Morgan fingerprint density at radius 1 is 1.26 bits per heavy atom. The van der Waals surface area contributed by atoms with Gasteiger partial charge in [-0.3, -0.25) is 4.79 Å². The van der Waals surface area contributed by atoms with Crippen molar-refractivity contribution in [1.82, 2.24) is 4.90 Å². The lowest BCUT2D eigenvalue weighted by atomic mass is 10.2. The number of carbonyl (C=O) groups is 1. The molecule has 0 bridgehead atoms. The molecule has 0 heterocycles. The Balaban J connectivity index is 2.74. The Morgan fingerprint density at radius 3 is 2.26 bits per heavy atom. The summed E-state index contributed by atoms with van der Waals surface area (Å²) in [6.45, 7) is 7.85. The van der Waals surface area contributed by atoms with Gasteiger partial charge < -0.3 is 15.5 Å². The monoisotopic (exact) mass is 263 g/mol. The summed E-state index contributed by atoms with van der Waals surface area (Å²) in [6, 6.07) is 8.29. The summed E-state index contributed by atoms with van der Waals surface area (Å²) in [7, 11) is 1.85. The molecule has 0 aromatic heterocycles. The number of hydrogen-bond acceptors (Lipinski definition) is 3. The maximum absolute atomic E-state index is 12.1. The van der Waals surface area contributed by atoms with Crippen molar-refractivity contribution in [2.24, 2.45) is 5.73 Å². The van der Waals surface area contributed by atoms with Gasteiger partial charge >= 0.3 is 0 Å². The summed E-state index contributed by atoms with van der Waals surface area (Å²) in [5, 5.41) is 0. The maximum atomic E-state index is 12.1. The van der Waals surface area contributed by atoms with Crippen LogP contribution in [-0.4, -0.2) is 37.0 Å². The van der Waals surface area contributed by atoms with E-state index in [-0.39, 0.29) is 11.9 Å². The number of likely N-dealkylation sites (N-methyl/N-ethyl adjacent to an activating group) is 2. The highest BCUT2D eigenvalue weighted by Crippen LogP contribution is 2.15. The lowest BCUT2D eigenvalue weighted by molar-refractivity contribution is -0.129. The standard InChI is InChI=1S/C15H25N3O/c1-5-18(11-15(19)17(4)12(2)3)14-8-6-13(10-16)7-9-14/h6-9,12H,5,10-11,16H2,1-4H3. The second kappa shape index (κ2) is 7.14. The Labute approximate surface area is 116 Å². The van der Waals surface area contributed by atoms with Gasteiger partial charge in [0.1, 0.15) is 0 Å². The molecule has 106 valence electrons. The van der Waals surface area contributed by atoms with Gasteiger partial charge in [0.2, 0.25) is 5.91 Å². The number of nitrogens with two attached hydrogens (primary N) is 1. The third-order valence-corrected chi connectivity index (χ3v) is 3.41. The summed E-state index contributed by atoms with van der Waals surface area (Å²) in [5.41, 5.74) is 7.75. The Hall–Kier alpha value is -1.55. The van der Waals surface area contributed by atoms with E-state index in [1.54, 1.807) is 4.90 Å². The summed E-state index contributed by atoms with van der Waals surface area (Å²) in [6.07, 6.45) is 0. The Kier molecular flexibility index (Phi) is 5.83. The van der Waals surface area contributed by atoms with Gasteiger partial charge in [-0.2, -0.15) is 0 Å². The molecule has 19 heavy (non-hydrogen) atoms. The molecule has 0 aliphatic heterocycles. The second-order valence-corrected chi connectivity index (χ2v) is 4.98. The lowest BCUT2D eigenvalue weighted by Gasteiger charge is -2.28. The maximum Gasteiger partial charge on any atom is 0.242 e. The van der Waals surface area contributed by atoms with E-state index >= 15 is 0 Å². The van der Waals surface area contributed by atoms with Crippen LogP contribution in [0.2, 0.25) is 0 Å². The summed E-state index contributed by atoms with van der Waals surface area (Å²) < 4.78 is 0. The molecule has 1 aromatic rings. The van der Waals surface area contributed by atoms with E-state index < -0.39 is 0 Å². The molecule has 0 radical (unpaired) electrons. The van der Waals surface area contributed by atoms with Crippen LogP contribution in [0.15, 0.2) is 24.3 Å². The van der Waals surface area contributed by atoms with E-state index in [1.165, 1.54) is 0 Å². The minimum Gasteiger partial charge on any atom is -0.362 e. The summed E-state index contributed by atoms with van der Waals surface area (Å²) in [5.74, 6) is 0.139. The Morgan fingerprint density at radius 2 is 1.84 bits per heavy atom. The molecular weight excluding hydrogens is 238 g/mol. The van der Waals surface area contributed by atoms with Gasteiger partial charge in [0, 0.05) is 31.9 Å². The molecule has 1 amide bonds. The predicted molar refractivity (Wildman–Crippen MR) is 80.1 cm³/mol. The number of carbonyl (C=O) groups excluding carboxylic acids is 1. The topological polar surface area (TPSA) is 49.6 Å². The number of amides is 1. The first-order valence-corrected chi connectivity index (χ1v) is 6.79. The molecular formula is C15H25N3O. The van der Waals surface area contributed by atoms with E-state index in [0.29, 0.717) is 13.1 Å². The number of hydrogen-bond donors (Lipinski definition) is 1. The first kappa shape index (κ1) is 15.5. The van der Waals surface area contributed by atoms with Crippen LogP contribution in [0.25, 0.3) is 0 Å². The summed E-state index contributed by atoms with van der Waals surface area (Å²) in [4.78, 5) is 16.0. The average Bonchev–Trinajstić information content (AvgIpc) is 2.43. The molecule has 0 atom stereocenters. The van der Waals surface area contributed by atoms with Crippen LogP contribution in [-0.2, 0) is 11.3 Å². The predicted octanol–water partition coefficient (Wildman–Crippen LogP) is 1.84. The molecule has 0 fully saturated rings. The number of nitrogens with zero attached hydrogens (tertiary/aromatic N) is 2. The summed E-state index contributed by atoms with van der Waals surface area (Å²) >= 11 is 0. The highest BCUT2D eigenvalue weighted by Gasteiger charge is 2.15. The van der Waals surface area contributed by atoms with Gasteiger partial charge in [0.15, 0.2) is 0 Å². The fourth-order valence-electron chi connectivity index (χ4n) is 1.79. The van der Waals surface area contributed by atoms with Gasteiger partial charge in [0.05, 0.1) is 6.54 Å². The minimum absolute atomic E-state index is 0.139. The molecule has 0 saturated carbocycles. The van der Waals surface area contributed by atoms with Crippen molar-refractivity contribution in [2.75, 3.05) is 25.0 Å². The van der Waals surface area contributed by atoms with Gasteiger partial charge in [-0.1, -0.05) is 12.1 Å². The third kappa shape index (κ3) is 4.24. The van der Waals surface area contributed by atoms with E-state index in [1.807, 2.05) is 45.2 Å². The van der Waals surface area contributed by atoms with Crippen LogP contribution in [0.5, 0.6) is 0 Å². The molecule has 1 rings (SSSR count). The fraction of sp³-hybridized carbons (Fsp3) is 0.533. The third-order valence-electron chi connectivity index (χ3n) is 3.41. The van der Waals surface area contributed by atoms with Crippen molar-refractivity contribution in [3.05, 3.63) is 29.8 Å². The van der Waals surface area contributed by atoms with Crippen LogP contribution in [0.4, 0.5) is 5.69 Å². The first-order chi connectivity index (χ1) is 8.99. The van der Waals surface area contributed by atoms with E-state index in [2.05, 4.69) is 11.8 Å². The molecule has 0 unspecified atom stereocenters. The molecule has 0 aliphatic carbocycles. The molecule has 4 nitrogen and oxygen atoms in total. The van der Waals surface area contributed by atoms with Gasteiger partial charge in [0.25, 0.3) is 0 Å². The van der Waals surface area contributed by atoms with Crippen molar-refractivity contribution in [3.8, 4) is 0 Å². The number of rotatable bonds is 6. The SMILES string of the molecule is CCN(CC(=O)N(C)C(C)C)c1ccc(CN)cc1. The van der Waals surface area contributed by atoms with E-state index in [0.717, 1.165) is 17.8 Å². The fourth-order valence-corrected chi connectivity index (χ4v) is 1.79. The highest BCUT2D eigenvalue weighted by atomic mass is 16.2. The van der Waals surface area contributed by atoms with Crippen LogP contribution >= 0.6 is 0 Å². The van der Waals surface area contributed by atoms with Crippen molar-refractivity contribution in [1.29, 1.82) is 0 Å². The van der Waals surface area contributed by atoms with Crippen LogP contribution < -0.4 is 10.6 Å². The Bertz CT molecular complexity index is 400. The lowest BCUT2D eigenvalue weighted by Crippen LogP contribution is -2.41. The van der Waals surface area contributed by atoms with Crippen molar-refractivity contribution < 1.29 is 4.79 Å². The van der Waals surface area contributed by atoms with Crippen LogP contribution in [0.3, 0.4) is 0 Å². The molecule has 4 heteroatoms. The zero-order valence-corrected chi connectivity index (χ0v) is 12.4. The smallest absolute Gasteiger partial charge is 0.242 e. The van der Waals surface area contributed by atoms with Gasteiger partial charge in [-0.05, 0) is 38.5 Å². The molecule has 0 spiro atoms. The van der Waals surface area contributed by atoms with E-state index in [4.69, 9.17) is 5.73 Å². The van der Waals surface area contributed by atoms with Crippen LogP contribution in [0.1, 0.15) is 26.3 Å². The van der Waals surface area contributed by atoms with Gasteiger partial charge in [-0.25, -0.2) is 0 Å². The molecule has 0 aliphatic rings. The number of benzene rings is 1. The minimum atomic E-state index is 0.139.